The van der Waals surface area contributed by atoms with Crippen LogP contribution in [0.25, 0.3) is 22.5 Å². The Labute approximate surface area is 252 Å². The molecule has 1 fully saturated rings. The van der Waals surface area contributed by atoms with E-state index < -0.39 is 12.0 Å². The molecule has 2 N–H and O–H groups in total. The molecule has 4 aromatic rings. The average molecular weight is 582 g/mol. The van der Waals surface area contributed by atoms with Gasteiger partial charge in [0, 0.05) is 34.8 Å². The van der Waals surface area contributed by atoms with Gasteiger partial charge in [-0.05, 0) is 72.3 Å². The molecule has 0 radical (unpaired) electrons. The first-order chi connectivity index (χ1) is 20.3. The number of amides is 1. The van der Waals surface area contributed by atoms with Gasteiger partial charge in [-0.2, -0.15) is 0 Å². The molecule has 0 spiro atoms. The summed E-state index contributed by atoms with van der Waals surface area (Å²) in [5, 5.41) is 12.4. The van der Waals surface area contributed by atoms with Crippen LogP contribution in [0.3, 0.4) is 0 Å². The molecule has 0 aliphatic heterocycles. The predicted octanol–water partition coefficient (Wildman–Crippen LogP) is 8.11. The van der Waals surface area contributed by atoms with Crippen LogP contribution in [-0.2, 0) is 11.2 Å². The number of nitrogens with one attached hydrogen (secondary N) is 1. The number of carboxylic acids is 1. The number of carbonyl (C=O) groups excluding carboxylic acids is 1. The lowest BCUT2D eigenvalue weighted by Gasteiger charge is -2.28. The third-order valence-electron chi connectivity index (χ3n) is 8.47. The molecule has 6 nitrogen and oxygen atoms in total. The SMILES string of the molecule is CC[C@H]1CC[C@H](c2ccc(-c3cnc(-c4ccc(C[C@H](NC(=O)c5ccc(C(C)C)s5)C(=O)O)cc4)nc3)cc2)CC1. The number of thiophene rings is 1. The normalized spacial score (nSPS) is 17.6. The number of nitrogens with zero attached hydrogens (tertiary/aromatic N) is 2. The van der Waals surface area contributed by atoms with Gasteiger partial charge in [0.05, 0.1) is 4.88 Å². The van der Waals surface area contributed by atoms with Gasteiger partial charge in [0.2, 0.25) is 0 Å². The Balaban J connectivity index is 1.19. The lowest BCUT2D eigenvalue weighted by atomic mass is 9.78. The molecule has 5 rings (SSSR count). The van der Waals surface area contributed by atoms with Crippen molar-refractivity contribution in [2.75, 3.05) is 0 Å². The zero-order valence-corrected chi connectivity index (χ0v) is 25.4. The molecule has 42 heavy (non-hydrogen) atoms. The maximum atomic E-state index is 12.7. The van der Waals surface area contributed by atoms with Crippen LogP contribution in [0, 0.1) is 5.92 Å². The Bertz CT molecular complexity index is 1490. The first kappa shape index (κ1) is 29.6. The molecule has 1 aliphatic rings. The molecule has 0 bridgehead atoms. The molecule has 0 unspecified atom stereocenters. The first-order valence-corrected chi connectivity index (χ1v) is 15.8. The Kier molecular flexibility index (Phi) is 9.48. The van der Waals surface area contributed by atoms with Crippen molar-refractivity contribution < 1.29 is 14.7 Å². The van der Waals surface area contributed by atoms with Crippen LogP contribution in [0.5, 0.6) is 0 Å². The summed E-state index contributed by atoms with van der Waals surface area (Å²) in [4.78, 5) is 35.4. The predicted molar refractivity (Wildman–Crippen MR) is 169 cm³/mol. The average Bonchev–Trinajstić information content (AvgIpc) is 3.53. The van der Waals surface area contributed by atoms with Crippen molar-refractivity contribution in [3.8, 4) is 22.5 Å². The Morgan fingerprint density at radius 3 is 2.10 bits per heavy atom. The van der Waals surface area contributed by atoms with E-state index in [0.29, 0.717) is 22.5 Å². The fraction of sp³-hybridized carbons (Fsp3) is 0.371. The summed E-state index contributed by atoms with van der Waals surface area (Å²) in [7, 11) is 0. The lowest BCUT2D eigenvalue weighted by Crippen LogP contribution is -2.42. The van der Waals surface area contributed by atoms with Gasteiger partial charge < -0.3 is 10.4 Å². The van der Waals surface area contributed by atoms with E-state index in [9.17, 15) is 14.7 Å². The van der Waals surface area contributed by atoms with E-state index in [1.807, 2.05) is 42.7 Å². The second-order valence-corrected chi connectivity index (χ2v) is 12.8. The van der Waals surface area contributed by atoms with Crippen molar-refractivity contribution in [2.24, 2.45) is 5.92 Å². The Morgan fingerprint density at radius 1 is 0.881 bits per heavy atom. The van der Waals surface area contributed by atoms with Crippen molar-refractivity contribution in [1.82, 2.24) is 15.3 Å². The quantitative estimate of drug-likeness (QED) is 0.197. The van der Waals surface area contributed by atoms with E-state index in [1.165, 1.54) is 49.0 Å². The maximum absolute atomic E-state index is 12.7. The van der Waals surface area contributed by atoms with Crippen molar-refractivity contribution in [3.63, 3.8) is 0 Å². The molecule has 1 atom stereocenters. The van der Waals surface area contributed by atoms with E-state index in [-0.39, 0.29) is 12.3 Å². The third kappa shape index (κ3) is 7.13. The molecule has 2 aromatic carbocycles. The molecule has 1 saturated carbocycles. The zero-order valence-electron chi connectivity index (χ0n) is 24.5. The maximum Gasteiger partial charge on any atom is 0.326 e. The molecular weight excluding hydrogens is 542 g/mol. The molecule has 1 aliphatic carbocycles. The number of hydrogen-bond acceptors (Lipinski definition) is 5. The van der Waals surface area contributed by atoms with Gasteiger partial charge in [0.1, 0.15) is 6.04 Å². The third-order valence-corrected chi connectivity index (χ3v) is 9.85. The minimum atomic E-state index is -1.07. The number of hydrogen-bond donors (Lipinski definition) is 2. The van der Waals surface area contributed by atoms with E-state index >= 15 is 0 Å². The topological polar surface area (TPSA) is 92.2 Å². The number of rotatable bonds is 10. The summed E-state index contributed by atoms with van der Waals surface area (Å²) < 4.78 is 0. The lowest BCUT2D eigenvalue weighted by molar-refractivity contribution is -0.139. The van der Waals surface area contributed by atoms with Gasteiger partial charge in [-0.1, -0.05) is 75.7 Å². The second kappa shape index (κ2) is 13.4. The highest BCUT2D eigenvalue weighted by Crippen LogP contribution is 2.37. The first-order valence-electron chi connectivity index (χ1n) is 15.0. The monoisotopic (exact) mass is 581 g/mol. The van der Waals surface area contributed by atoms with Crippen LogP contribution in [0.1, 0.15) is 90.4 Å². The van der Waals surface area contributed by atoms with Gasteiger partial charge >= 0.3 is 5.97 Å². The van der Waals surface area contributed by atoms with Crippen LogP contribution < -0.4 is 5.32 Å². The second-order valence-electron chi connectivity index (χ2n) is 11.7. The van der Waals surface area contributed by atoms with Gasteiger partial charge in [0.25, 0.3) is 5.91 Å². The molecule has 0 saturated heterocycles. The molecule has 2 aromatic heterocycles. The highest BCUT2D eigenvalue weighted by Gasteiger charge is 2.23. The van der Waals surface area contributed by atoms with Crippen molar-refractivity contribution >= 4 is 23.2 Å². The fourth-order valence-electron chi connectivity index (χ4n) is 5.72. The Morgan fingerprint density at radius 2 is 1.52 bits per heavy atom. The van der Waals surface area contributed by atoms with Crippen LogP contribution in [0.2, 0.25) is 0 Å². The minimum absolute atomic E-state index is 0.180. The van der Waals surface area contributed by atoms with E-state index in [1.54, 1.807) is 6.07 Å². The van der Waals surface area contributed by atoms with Gasteiger partial charge in [-0.3, -0.25) is 4.79 Å². The highest BCUT2D eigenvalue weighted by molar-refractivity contribution is 7.14. The van der Waals surface area contributed by atoms with E-state index in [4.69, 9.17) is 0 Å². The summed E-state index contributed by atoms with van der Waals surface area (Å²) >= 11 is 1.40. The van der Waals surface area contributed by atoms with E-state index in [0.717, 1.165) is 33.0 Å². The molecule has 2 heterocycles. The summed E-state index contributed by atoms with van der Waals surface area (Å²) in [6.45, 7) is 6.43. The van der Waals surface area contributed by atoms with Crippen LogP contribution in [0.15, 0.2) is 73.1 Å². The molecular formula is C35H39N3O3S. The summed E-state index contributed by atoms with van der Waals surface area (Å²) in [5.41, 5.74) is 5.16. The Hall–Kier alpha value is -3.84. The number of carboxylic acid groups (broad SMARTS) is 1. The summed E-state index contributed by atoms with van der Waals surface area (Å²) in [5.74, 6) is 1.07. The number of carbonyl (C=O) groups is 2. The van der Waals surface area contributed by atoms with Crippen molar-refractivity contribution in [1.29, 1.82) is 0 Å². The van der Waals surface area contributed by atoms with Crippen LogP contribution in [0.4, 0.5) is 0 Å². The van der Waals surface area contributed by atoms with Crippen molar-refractivity contribution in [2.45, 2.75) is 77.2 Å². The largest absolute Gasteiger partial charge is 0.480 e. The number of benzene rings is 2. The molecule has 218 valence electrons. The standard InChI is InChI=1S/C35H39N3O3S/c1-4-23-5-9-25(10-6-23)26-13-15-27(16-14-26)29-20-36-33(37-21-29)28-11-7-24(8-12-28)19-30(35(40)41)38-34(39)32-18-17-31(42-32)22(2)3/h7-8,11-18,20-23,25,30H,4-6,9-10,19H2,1-3H3,(H,38,39)(H,40,41)/t23-,25-,30-/m0/s1. The minimum Gasteiger partial charge on any atom is -0.480 e. The summed E-state index contributed by atoms with van der Waals surface area (Å²) in [6, 6.07) is 19.0. The van der Waals surface area contributed by atoms with E-state index in [2.05, 4.69) is 60.3 Å². The van der Waals surface area contributed by atoms with Gasteiger partial charge in [-0.25, -0.2) is 14.8 Å². The number of aromatic nitrogens is 2. The molecule has 7 heteroatoms. The van der Waals surface area contributed by atoms with Crippen molar-refractivity contribution in [3.05, 3.63) is 93.9 Å². The summed E-state index contributed by atoms with van der Waals surface area (Å²) in [6.07, 6.45) is 10.4. The van der Waals surface area contributed by atoms with Crippen LogP contribution in [-0.4, -0.2) is 33.0 Å². The number of aliphatic carboxylic acids is 1. The molecule has 1 amide bonds. The fourth-order valence-corrected chi connectivity index (χ4v) is 6.63. The zero-order chi connectivity index (χ0) is 29.6. The highest BCUT2D eigenvalue weighted by atomic mass is 32.1. The van der Waals surface area contributed by atoms with Gasteiger partial charge in [0.15, 0.2) is 5.82 Å². The van der Waals surface area contributed by atoms with Crippen LogP contribution >= 0.6 is 11.3 Å². The smallest absolute Gasteiger partial charge is 0.326 e. The van der Waals surface area contributed by atoms with Gasteiger partial charge in [-0.15, -0.1) is 11.3 Å².